The fourth-order valence-corrected chi connectivity index (χ4v) is 5.86. The Labute approximate surface area is 174 Å². The van der Waals surface area contributed by atoms with Crippen LogP contribution in [-0.2, 0) is 12.0 Å². The molecule has 0 bridgehead atoms. The zero-order chi connectivity index (χ0) is 18.6. The first-order chi connectivity index (χ1) is 13.1. The summed E-state index contributed by atoms with van der Waals surface area (Å²) in [5, 5.41) is 0. The predicted octanol–water partition coefficient (Wildman–Crippen LogP) is 5.49. The van der Waals surface area contributed by atoms with E-state index < -0.39 is 0 Å². The Hall–Kier alpha value is -1.71. The number of aryl methyl sites for hydroxylation is 2. The summed E-state index contributed by atoms with van der Waals surface area (Å²) >= 11 is 0. The van der Waals surface area contributed by atoms with E-state index in [1.807, 2.05) is 0 Å². The molecule has 4 heteroatoms. The molecule has 1 saturated heterocycles. The third-order valence-electron chi connectivity index (χ3n) is 7.02. The van der Waals surface area contributed by atoms with E-state index in [1.165, 1.54) is 60.2 Å². The lowest BCUT2D eigenvalue weighted by Gasteiger charge is -2.47. The van der Waals surface area contributed by atoms with E-state index in [-0.39, 0.29) is 17.9 Å². The molecular weight excluding hydrogens is 370 g/mol. The van der Waals surface area contributed by atoms with Crippen molar-refractivity contribution in [3.05, 3.63) is 58.1 Å². The Balaban J connectivity index is 0.00000192. The first kappa shape index (κ1) is 19.6. The number of fused-ring (bicyclic) bond motifs is 3. The number of ether oxygens (including phenoxy) is 2. The van der Waals surface area contributed by atoms with Gasteiger partial charge in [0.1, 0.15) is 0 Å². The first-order valence-electron chi connectivity index (χ1n) is 10.3. The van der Waals surface area contributed by atoms with Crippen LogP contribution < -0.4 is 9.47 Å². The molecule has 0 saturated carbocycles. The predicted molar refractivity (Wildman–Crippen MR) is 115 cm³/mol. The van der Waals surface area contributed by atoms with Gasteiger partial charge in [-0.05, 0) is 93.8 Å². The summed E-state index contributed by atoms with van der Waals surface area (Å²) in [6, 6.07) is 11.1. The average Bonchev–Trinajstić information content (AvgIpc) is 3.33. The van der Waals surface area contributed by atoms with E-state index in [0.29, 0.717) is 12.7 Å². The van der Waals surface area contributed by atoms with Crippen molar-refractivity contribution in [3.63, 3.8) is 0 Å². The Bertz CT molecular complexity index is 890. The van der Waals surface area contributed by atoms with Gasteiger partial charge < -0.3 is 9.47 Å². The van der Waals surface area contributed by atoms with Crippen LogP contribution in [0.25, 0.3) is 0 Å². The van der Waals surface area contributed by atoms with Gasteiger partial charge in [-0.3, -0.25) is 4.90 Å². The van der Waals surface area contributed by atoms with E-state index in [2.05, 4.69) is 56.0 Å². The third-order valence-corrected chi connectivity index (χ3v) is 7.02. The van der Waals surface area contributed by atoms with Gasteiger partial charge in [-0.15, -0.1) is 12.4 Å². The van der Waals surface area contributed by atoms with Gasteiger partial charge in [0, 0.05) is 11.1 Å². The van der Waals surface area contributed by atoms with Crippen LogP contribution >= 0.6 is 12.4 Å². The van der Waals surface area contributed by atoms with Crippen LogP contribution in [0.3, 0.4) is 0 Å². The molecule has 2 aliphatic heterocycles. The van der Waals surface area contributed by atoms with Gasteiger partial charge in [0.15, 0.2) is 11.5 Å². The minimum Gasteiger partial charge on any atom is -0.454 e. The molecule has 0 radical (unpaired) electrons. The lowest BCUT2D eigenvalue weighted by Crippen LogP contribution is -2.46. The van der Waals surface area contributed by atoms with Crippen molar-refractivity contribution in [2.75, 3.05) is 19.9 Å². The topological polar surface area (TPSA) is 21.7 Å². The highest BCUT2D eigenvalue weighted by molar-refractivity contribution is 5.85. The van der Waals surface area contributed by atoms with E-state index in [9.17, 15) is 0 Å². The van der Waals surface area contributed by atoms with Crippen LogP contribution in [0.5, 0.6) is 11.5 Å². The van der Waals surface area contributed by atoms with Gasteiger partial charge in [0.2, 0.25) is 6.79 Å². The van der Waals surface area contributed by atoms with E-state index in [0.717, 1.165) is 17.9 Å². The first-order valence-corrected chi connectivity index (χ1v) is 10.3. The largest absolute Gasteiger partial charge is 0.454 e. The Morgan fingerprint density at radius 3 is 2.54 bits per heavy atom. The highest BCUT2D eigenvalue weighted by Crippen LogP contribution is 2.53. The lowest BCUT2D eigenvalue weighted by atomic mass is 9.67. The summed E-state index contributed by atoms with van der Waals surface area (Å²) in [5.74, 6) is 2.44. The van der Waals surface area contributed by atoms with Gasteiger partial charge in [0.05, 0.1) is 0 Å². The van der Waals surface area contributed by atoms with E-state index >= 15 is 0 Å². The van der Waals surface area contributed by atoms with Crippen molar-refractivity contribution in [1.29, 1.82) is 0 Å². The highest BCUT2D eigenvalue weighted by Gasteiger charge is 2.45. The summed E-state index contributed by atoms with van der Waals surface area (Å²) in [7, 11) is 0. The second-order valence-corrected chi connectivity index (χ2v) is 8.71. The lowest BCUT2D eigenvalue weighted by molar-refractivity contribution is 0.103. The molecule has 5 rings (SSSR count). The number of rotatable bonds is 2. The fraction of sp³-hybridized carbons (Fsp3) is 0.500. The summed E-state index contributed by atoms with van der Waals surface area (Å²) in [6.07, 6.45) is 4.83. The molecule has 0 spiro atoms. The SMILES string of the molecule is Cc1ccccc1C1Cc2c3c(cc(C)c2C(C)(N2CCCC2)C1)OCO3.Cl. The molecule has 3 aliphatic rings. The van der Waals surface area contributed by atoms with Gasteiger partial charge in [-0.1, -0.05) is 24.3 Å². The maximum absolute atomic E-state index is 5.98. The summed E-state index contributed by atoms with van der Waals surface area (Å²) < 4.78 is 11.7. The average molecular weight is 400 g/mol. The van der Waals surface area contributed by atoms with Crippen LogP contribution in [0, 0.1) is 13.8 Å². The standard InChI is InChI=1S/C24H29NO2.ClH/c1-16-8-4-5-9-19(16)18-13-20-22(17(2)12-21-23(20)27-15-26-21)24(3,14-18)25-10-6-7-11-25;/h4-5,8-9,12,18H,6-7,10-11,13-15H2,1-3H3;1H. The molecule has 0 N–H and O–H groups in total. The molecule has 150 valence electrons. The summed E-state index contributed by atoms with van der Waals surface area (Å²) in [4.78, 5) is 2.73. The number of likely N-dealkylation sites (tertiary alicyclic amines) is 1. The molecule has 0 amide bonds. The number of halogens is 1. The number of hydrogen-bond donors (Lipinski definition) is 0. The molecule has 2 unspecified atom stereocenters. The minimum atomic E-state index is 0. The highest BCUT2D eigenvalue weighted by atomic mass is 35.5. The molecule has 2 aromatic rings. The molecule has 0 aromatic heterocycles. The molecule has 2 heterocycles. The molecule has 2 atom stereocenters. The number of hydrogen-bond acceptors (Lipinski definition) is 3. The van der Waals surface area contributed by atoms with Crippen molar-refractivity contribution in [2.24, 2.45) is 0 Å². The maximum Gasteiger partial charge on any atom is 0.231 e. The van der Waals surface area contributed by atoms with Crippen molar-refractivity contribution in [3.8, 4) is 11.5 Å². The van der Waals surface area contributed by atoms with Gasteiger partial charge >= 0.3 is 0 Å². The summed E-state index contributed by atoms with van der Waals surface area (Å²) in [6.45, 7) is 9.72. The van der Waals surface area contributed by atoms with Gasteiger partial charge in [0.25, 0.3) is 0 Å². The van der Waals surface area contributed by atoms with E-state index in [4.69, 9.17) is 9.47 Å². The second kappa shape index (κ2) is 7.27. The second-order valence-electron chi connectivity index (χ2n) is 8.71. The van der Waals surface area contributed by atoms with Gasteiger partial charge in [-0.25, -0.2) is 0 Å². The number of nitrogens with zero attached hydrogens (tertiary/aromatic N) is 1. The van der Waals surface area contributed by atoms with Crippen molar-refractivity contribution < 1.29 is 9.47 Å². The van der Waals surface area contributed by atoms with Crippen molar-refractivity contribution >= 4 is 12.4 Å². The fourth-order valence-electron chi connectivity index (χ4n) is 5.86. The van der Waals surface area contributed by atoms with Crippen molar-refractivity contribution in [2.45, 2.75) is 57.9 Å². The third kappa shape index (κ3) is 2.91. The van der Waals surface area contributed by atoms with Crippen LogP contribution in [0.2, 0.25) is 0 Å². The van der Waals surface area contributed by atoms with Gasteiger partial charge in [-0.2, -0.15) is 0 Å². The maximum atomic E-state index is 5.98. The molecule has 1 fully saturated rings. The minimum absolute atomic E-state index is 0. The normalized spacial score (nSPS) is 26.0. The zero-order valence-electron chi connectivity index (χ0n) is 17.1. The Kier molecular flexibility index (Phi) is 5.09. The molecule has 28 heavy (non-hydrogen) atoms. The Morgan fingerprint density at radius 2 is 1.79 bits per heavy atom. The molecule has 1 aliphatic carbocycles. The zero-order valence-corrected chi connectivity index (χ0v) is 17.9. The quantitative estimate of drug-likeness (QED) is 0.666. The number of benzene rings is 2. The Morgan fingerprint density at radius 1 is 1.04 bits per heavy atom. The molecule has 3 nitrogen and oxygen atoms in total. The van der Waals surface area contributed by atoms with Crippen LogP contribution in [-0.4, -0.2) is 24.8 Å². The summed E-state index contributed by atoms with van der Waals surface area (Å²) in [5.41, 5.74) is 7.18. The van der Waals surface area contributed by atoms with Crippen LogP contribution in [0.4, 0.5) is 0 Å². The van der Waals surface area contributed by atoms with Crippen molar-refractivity contribution in [1.82, 2.24) is 4.90 Å². The smallest absolute Gasteiger partial charge is 0.231 e. The molecular formula is C24H30ClNO2. The van der Waals surface area contributed by atoms with E-state index in [1.54, 1.807) is 0 Å². The van der Waals surface area contributed by atoms with Crippen LogP contribution in [0.1, 0.15) is 59.9 Å². The van der Waals surface area contributed by atoms with Crippen LogP contribution in [0.15, 0.2) is 30.3 Å². The monoisotopic (exact) mass is 399 g/mol. The molecule has 2 aromatic carbocycles.